The molecule has 0 radical (unpaired) electrons. The van der Waals surface area contributed by atoms with Crippen LogP contribution >= 0.6 is 11.8 Å². The average molecular weight is 429 g/mol. The van der Waals surface area contributed by atoms with E-state index in [4.69, 9.17) is 4.74 Å². The van der Waals surface area contributed by atoms with Gasteiger partial charge in [-0.1, -0.05) is 78.5 Å². The van der Waals surface area contributed by atoms with E-state index in [1.165, 1.54) is 0 Å². The fraction of sp³-hybridized carbons (Fsp3) is 0.125. The number of hydrogen-bond donors (Lipinski definition) is 0. The number of benzene rings is 3. The van der Waals surface area contributed by atoms with Crippen LogP contribution in [-0.4, -0.2) is 27.8 Å². The second-order valence-corrected chi connectivity index (χ2v) is 8.24. The molecule has 0 N–H and O–H groups in total. The second-order valence-electron chi connectivity index (χ2n) is 7.19. The van der Waals surface area contributed by atoms with Gasteiger partial charge in [-0.25, -0.2) is 4.68 Å². The van der Waals surface area contributed by atoms with E-state index in [0.717, 1.165) is 22.0 Å². The summed E-state index contributed by atoms with van der Waals surface area (Å²) in [6.07, 6.45) is 1.74. The zero-order valence-corrected chi connectivity index (χ0v) is 17.7. The maximum absolute atomic E-state index is 12.7. The molecule has 1 aliphatic rings. The summed E-state index contributed by atoms with van der Waals surface area (Å²) in [4.78, 5) is 12.7. The first-order valence-electron chi connectivity index (χ1n) is 9.89. The molecule has 31 heavy (non-hydrogen) atoms. The normalized spacial score (nSPS) is 15.0. The highest BCUT2D eigenvalue weighted by molar-refractivity contribution is 7.99. The van der Waals surface area contributed by atoms with Crippen molar-refractivity contribution in [3.8, 4) is 5.75 Å². The summed E-state index contributed by atoms with van der Waals surface area (Å²) < 4.78 is 7.28. The maximum atomic E-state index is 12.7. The Kier molecular flexibility index (Phi) is 5.18. The SMILES string of the molecule is COc1ccc([C@H]2Sc3nncn3N2Cc2ccc(C(=O)c3ccccc3)cc2)cc1. The first-order valence-corrected chi connectivity index (χ1v) is 10.8. The number of methoxy groups -OCH3 is 1. The number of aromatic nitrogens is 3. The Labute approximate surface area is 184 Å². The van der Waals surface area contributed by atoms with E-state index >= 15 is 0 Å². The van der Waals surface area contributed by atoms with Crippen molar-refractivity contribution in [3.05, 3.63) is 107 Å². The van der Waals surface area contributed by atoms with E-state index in [1.54, 1.807) is 25.2 Å². The molecule has 1 atom stereocenters. The van der Waals surface area contributed by atoms with Gasteiger partial charge in [-0.2, -0.15) is 0 Å². The molecule has 1 aliphatic heterocycles. The summed E-state index contributed by atoms with van der Waals surface area (Å²) in [5.74, 6) is 0.859. The van der Waals surface area contributed by atoms with Crippen LogP contribution in [-0.2, 0) is 6.54 Å². The maximum Gasteiger partial charge on any atom is 0.212 e. The van der Waals surface area contributed by atoms with Crippen molar-refractivity contribution in [1.29, 1.82) is 0 Å². The minimum Gasteiger partial charge on any atom is -0.497 e. The Bertz CT molecular complexity index is 1190. The second kappa shape index (κ2) is 8.28. The molecule has 0 fully saturated rings. The lowest BCUT2D eigenvalue weighted by Gasteiger charge is -2.27. The molecule has 6 nitrogen and oxygen atoms in total. The monoisotopic (exact) mass is 428 g/mol. The molecule has 0 amide bonds. The number of carbonyl (C=O) groups excluding carboxylic acids is 1. The molecule has 0 bridgehead atoms. The van der Waals surface area contributed by atoms with Crippen molar-refractivity contribution < 1.29 is 9.53 Å². The van der Waals surface area contributed by atoms with Crippen LogP contribution in [0.1, 0.15) is 32.4 Å². The number of carbonyl (C=O) groups is 1. The molecule has 0 saturated heterocycles. The molecule has 0 spiro atoms. The van der Waals surface area contributed by atoms with Crippen LogP contribution in [0.2, 0.25) is 0 Å². The third-order valence-corrected chi connectivity index (χ3v) is 6.48. The Hall–Kier alpha value is -3.58. The quantitative estimate of drug-likeness (QED) is 0.423. The van der Waals surface area contributed by atoms with Crippen molar-refractivity contribution in [2.24, 2.45) is 0 Å². The summed E-state index contributed by atoms with van der Waals surface area (Å²) in [5.41, 5.74) is 3.64. The van der Waals surface area contributed by atoms with Crippen LogP contribution in [0.25, 0.3) is 0 Å². The lowest BCUT2D eigenvalue weighted by Crippen LogP contribution is -2.31. The van der Waals surface area contributed by atoms with Gasteiger partial charge in [-0.15, -0.1) is 10.2 Å². The fourth-order valence-corrected chi connectivity index (χ4v) is 4.76. The van der Waals surface area contributed by atoms with E-state index < -0.39 is 0 Å². The lowest BCUT2D eigenvalue weighted by molar-refractivity contribution is 0.103. The molecule has 154 valence electrons. The van der Waals surface area contributed by atoms with Crippen LogP contribution in [0.5, 0.6) is 5.75 Å². The predicted octanol–water partition coefficient (Wildman–Crippen LogP) is 4.46. The van der Waals surface area contributed by atoms with Crippen molar-refractivity contribution in [2.75, 3.05) is 12.1 Å². The number of thioether (sulfide) groups is 1. The highest BCUT2D eigenvalue weighted by Crippen LogP contribution is 2.43. The highest BCUT2D eigenvalue weighted by atomic mass is 32.2. The standard InChI is InChI=1S/C24H20N4O2S/c1-30-21-13-11-20(12-14-21)23-27(28-16-25-26-24(28)31-23)15-17-7-9-19(10-8-17)22(29)18-5-3-2-4-6-18/h2-14,16,23H,15H2,1H3/t23-/m1/s1. The molecule has 3 aromatic carbocycles. The fourth-order valence-electron chi connectivity index (χ4n) is 3.62. The van der Waals surface area contributed by atoms with Crippen LogP contribution in [0, 0.1) is 0 Å². The minimum absolute atomic E-state index is 0.0288. The van der Waals surface area contributed by atoms with Gasteiger partial charge in [0.2, 0.25) is 5.16 Å². The Morgan fingerprint density at radius 1 is 0.968 bits per heavy atom. The number of nitrogens with zero attached hydrogens (tertiary/aromatic N) is 4. The zero-order chi connectivity index (χ0) is 21.2. The molecule has 5 rings (SSSR count). The third-order valence-electron chi connectivity index (χ3n) is 5.26. The molecule has 4 aromatic rings. The Balaban J connectivity index is 1.38. The number of ether oxygens (including phenoxy) is 1. The van der Waals surface area contributed by atoms with E-state index in [9.17, 15) is 4.79 Å². The van der Waals surface area contributed by atoms with Gasteiger partial charge < -0.3 is 4.74 Å². The van der Waals surface area contributed by atoms with E-state index in [0.29, 0.717) is 17.7 Å². The van der Waals surface area contributed by atoms with Gasteiger partial charge in [-0.3, -0.25) is 9.80 Å². The Morgan fingerprint density at radius 3 is 2.39 bits per heavy atom. The molecular formula is C24H20N4O2S. The van der Waals surface area contributed by atoms with Crippen molar-refractivity contribution in [1.82, 2.24) is 14.9 Å². The Morgan fingerprint density at radius 2 is 1.68 bits per heavy atom. The summed E-state index contributed by atoms with van der Waals surface area (Å²) in [5, 5.41) is 11.4. The highest BCUT2D eigenvalue weighted by Gasteiger charge is 2.32. The zero-order valence-electron chi connectivity index (χ0n) is 16.9. The van der Waals surface area contributed by atoms with Crippen LogP contribution in [0.15, 0.2) is 90.3 Å². The number of hydrogen-bond acceptors (Lipinski definition) is 6. The van der Waals surface area contributed by atoms with Crippen LogP contribution < -0.4 is 9.75 Å². The van der Waals surface area contributed by atoms with Crippen LogP contribution in [0.4, 0.5) is 0 Å². The van der Waals surface area contributed by atoms with Gasteiger partial charge in [0, 0.05) is 11.1 Å². The van der Waals surface area contributed by atoms with Gasteiger partial charge in [0.25, 0.3) is 0 Å². The molecule has 0 unspecified atom stereocenters. The largest absolute Gasteiger partial charge is 0.497 e. The number of ketones is 1. The minimum atomic E-state index is 0.0288. The molecule has 7 heteroatoms. The van der Waals surface area contributed by atoms with E-state index in [2.05, 4.69) is 27.3 Å². The lowest BCUT2D eigenvalue weighted by atomic mass is 10.0. The van der Waals surface area contributed by atoms with Crippen molar-refractivity contribution in [2.45, 2.75) is 17.1 Å². The smallest absolute Gasteiger partial charge is 0.212 e. The molecule has 0 saturated carbocycles. The van der Waals surface area contributed by atoms with Gasteiger partial charge in [0.1, 0.15) is 17.5 Å². The third kappa shape index (κ3) is 3.80. The average Bonchev–Trinajstić information content (AvgIpc) is 3.42. The first kappa shape index (κ1) is 19.4. The summed E-state index contributed by atoms with van der Waals surface area (Å²) in [6, 6.07) is 25.2. The van der Waals surface area contributed by atoms with E-state index in [-0.39, 0.29) is 11.2 Å². The molecule has 1 aromatic heterocycles. The van der Waals surface area contributed by atoms with Gasteiger partial charge in [0.15, 0.2) is 5.78 Å². The molecule has 0 aliphatic carbocycles. The predicted molar refractivity (Wildman–Crippen MR) is 120 cm³/mol. The topological polar surface area (TPSA) is 60.3 Å². The van der Waals surface area contributed by atoms with Crippen LogP contribution in [0.3, 0.4) is 0 Å². The summed E-state index contributed by atoms with van der Waals surface area (Å²) >= 11 is 1.66. The number of rotatable bonds is 6. The van der Waals surface area contributed by atoms with Gasteiger partial charge in [0.05, 0.1) is 13.7 Å². The first-order chi connectivity index (χ1) is 15.2. The molecular weight excluding hydrogens is 408 g/mol. The van der Waals surface area contributed by atoms with Gasteiger partial charge >= 0.3 is 0 Å². The summed E-state index contributed by atoms with van der Waals surface area (Å²) in [7, 11) is 1.67. The molecule has 2 heterocycles. The summed E-state index contributed by atoms with van der Waals surface area (Å²) in [6.45, 7) is 0.661. The van der Waals surface area contributed by atoms with Crippen molar-refractivity contribution >= 4 is 17.5 Å². The van der Waals surface area contributed by atoms with Gasteiger partial charge in [-0.05, 0) is 23.3 Å². The van der Waals surface area contributed by atoms with E-state index in [1.807, 2.05) is 71.4 Å². The number of fused-ring (bicyclic) bond motifs is 1. The van der Waals surface area contributed by atoms with Crippen molar-refractivity contribution in [3.63, 3.8) is 0 Å².